The molecule has 15 heavy (non-hydrogen) atoms. The van der Waals surface area contributed by atoms with E-state index in [-0.39, 0.29) is 0 Å². The summed E-state index contributed by atoms with van der Waals surface area (Å²) in [5.74, 6) is 0. The maximum Gasteiger partial charge on any atom is 0.183 e. The molecule has 0 saturated carbocycles. The summed E-state index contributed by atoms with van der Waals surface area (Å²) < 4.78 is 11.8. The van der Waals surface area contributed by atoms with E-state index < -0.39 is 12.4 Å². The third kappa shape index (κ3) is 3.30. The highest BCUT2D eigenvalue weighted by Gasteiger charge is 2.18. The summed E-state index contributed by atoms with van der Waals surface area (Å²) in [4.78, 5) is 0. The number of aryl methyl sites for hydroxylation is 1. The fourth-order valence-electron chi connectivity index (χ4n) is 1.43. The van der Waals surface area contributed by atoms with Crippen LogP contribution >= 0.6 is 0 Å². The first-order chi connectivity index (χ1) is 7.21. The summed E-state index contributed by atoms with van der Waals surface area (Å²) in [6.45, 7) is 2.84. The highest BCUT2D eigenvalue weighted by molar-refractivity contribution is 5.05. The standard InChI is InChI=1S/C10H18N2O3/c1-4-12-7-8(6-11-12)5-9(13)10(14-2)15-3/h6-7,9-10,13H,4-5H2,1-3H3. The molecule has 5 heteroatoms. The van der Waals surface area contributed by atoms with Crippen LogP contribution in [-0.4, -0.2) is 41.5 Å². The monoisotopic (exact) mass is 214 g/mol. The topological polar surface area (TPSA) is 56.5 Å². The zero-order valence-electron chi connectivity index (χ0n) is 9.38. The summed E-state index contributed by atoms with van der Waals surface area (Å²) in [6.07, 6.45) is 2.87. The van der Waals surface area contributed by atoms with Crippen molar-refractivity contribution < 1.29 is 14.6 Å². The fourth-order valence-corrected chi connectivity index (χ4v) is 1.43. The summed E-state index contributed by atoms with van der Waals surface area (Å²) >= 11 is 0. The molecule has 1 unspecified atom stereocenters. The predicted octanol–water partition coefficient (Wildman–Crippen LogP) is 0.425. The molecule has 0 saturated heterocycles. The molecule has 0 aliphatic carbocycles. The molecular weight excluding hydrogens is 196 g/mol. The Balaban J connectivity index is 2.53. The van der Waals surface area contributed by atoms with Crippen molar-refractivity contribution in [3.05, 3.63) is 18.0 Å². The van der Waals surface area contributed by atoms with Crippen LogP contribution in [0.5, 0.6) is 0 Å². The number of nitrogens with zero attached hydrogens (tertiary/aromatic N) is 2. The van der Waals surface area contributed by atoms with E-state index in [0.29, 0.717) is 6.42 Å². The van der Waals surface area contributed by atoms with E-state index >= 15 is 0 Å². The molecule has 1 aromatic heterocycles. The van der Waals surface area contributed by atoms with Crippen LogP contribution in [0.25, 0.3) is 0 Å². The molecule has 86 valence electrons. The van der Waals surface area contributed by atoms with E-state index in [4.69, 9.17) is 9.47 Å². The lowest BCUT2D eigenvalue weighted by molar-refractivity contribution is -0.163. The first-order valence-corrected chi connectivity index (χ1v) is 4.96. The molecule has 0 aliphatic heterocycles. The molecule has 0 aliphatic rings. The molecule has 0 spiro atoms. The van der Waals surface area contributed by atoms with E-state index in [0.717, 1.165) is 12.1 Å². The predicted molar refractivity (Wildman–Crippen MR) is 55.4 cm³/mol. The Morgan fingerprint density at radius 3 is 2.60 bits per heavy atom. The number of methoxy groups -OCH3 is 2. The molecule has 0 amide bonds. The van der Waals surface area contributed by atoms with Crippen molar-refractivity contribution in [3.63, 3.8) is 0 Å². The van der Waals surface area contributed by atoms with Crippen molar-refractivity contribution in [1.82, 2.24) is 9.78 Å². The van der Waals surface area contributed by atoms with Gasteiger partial charge < -0.3 is 14.6 Å². The second-order valence-corrected chi connectivity index (χ2v) is 3.32. The normalized spacial score (nSPS) is 13.4. The van der Waals surface area contributed by atoms with Gasteiger partial charge in [-0.2, -0.15) is 5.10 Å². The molecule has 0 fully saturated rings. The van der Waals surface area contributed by atoms with Gasteiger partial charge in [-0.15, -0.1) is 0 Å². The molecule has 0 bridgehead atoms. The first kappa shape index (κ1) is 12.2. The Kier molecular flexibility index (Phi) is 4.74. The average molecular weight is 214 g/mol. The SMILES string of the molecule is CCn1cc(CC(O)C(OC)OC)cn1. The third-order valence-electron chi connectivity index (χ3n) is 2.23. The van der Waals surface area contributed by atoms with Crippen LogP contribution in [0.4, 0.5) is 0 Å². The maximum absolute atomic E-state index is 9.76. The van der Waals surface area contributed by atoms with Gasteiger partial charge in [0.05, 0.1) is 6.20 Å². The number of hydrogen-bond donors (Lipinski definition) is 1. The van der Waals surface area contributed by atoms with E-state index in [1.54, 1.807) is 6.20 Å². The van der Waals surface area contributed by atoms with E-state index in [9.17, 15) is 5.11 Å². The zero-order valence-corrected chi connectivity index (χ0v) is 9.38. The van der Waals surface area contributed by atoms with Gasteiger partial charge in [0.1, 0.15) is 6.10 Å². The number of aromatic nitrogens is 2. The van der Waals surface area contributed by atoms with E-state index in [2.05, 4.69) is 5.10 Å². The van der Waals surface area contributed by atoms with Crippen LogP contribution in [0.2, 0.25) is 0 Å². The van der Waals surface area contributed by atoms with Crippen LogP contribution < -0.4 is 0 Å². The van der Waals surface area contributed by atoms with Gasteiger partial charge in [-0.25, -0.2) is 0 Å². The van der Waals surface area contributed by atoms with Crippen molar-refractivity contribution in [3.8, 4) is 0 Å². The van der Waals surface area contributed by atoms with Crippen molar-refractivity contribution >= 4 is 0 Å². The minimum Gasteiger partial charge on any atom is -0.387 e. The minimum atomic E-state index is -0.672. The van der Waals surface area contributed by atoms with Crippen molar-refractivity contribution in [2.75, 3.05) is 14.2 Å². The molecule has 0 radical (unpaired) electrons. The summed E-state index contributed by atoms with van der Waals surface area (Å²) in [5, 5.41) is 13.9. The lowest BCUT2D eigenvalue weighted by Gasteiger charge is -2.19. The van der Waals surface area contributed by atoms with E-state index in [1.165, 1.54) is 14.2 Å². The molecule has 1 atom stereocenters. The van der Waals surface area contributed by atoms with Gasteiger partial charge in [-0.05, 0) is 12.5 Å². The van der Waals surface area contributed by atoms with Crippen LogP contribution in [0.1, 0.15) is 12.5 Å². The maximum atomic E-state index is 9.76. The second kappa shape index (κ2) is 5.85. The quantitative estimate of drug-likeness (QED) is 0.697. The zero-order chi connectivity index (χ0) is 11.3. The van der Waals surface area contributed by atoms with Gasteiger partial charge >= 0.3 is 0 Å². The van der Waals surface area contributed by atoms with Crippen molar-refractivity contribution in [2.45, 2.75) is 32.3 Å². The summed E-state index contributed by atoms with van der Waals surface area (Å²) in [7, 11) is 3.01. The fraction of sp³-hybridized carbons (Fsp3) is 0.700. The van der Waals surface area contributed by atoms with Gasteiger partial charge in [0.15, 0.2) is 6.29 Å². The Morgan fingerprint density at radius 1 is 1.47 bits per heavy atom. The van der Waals surface area contributed by atoms with Crippen LogP contribution in [-0.2, 0) is 22.4 Å². The first-order valence-electron chi connectivity index (χ1n) is 4.96. The molecule has 1 N–H and O–H groups in total. The molecular formula is C10H18N2O3. The van der Waals surface area contributed by atoms with Crippen LogP contribution in [0.15, 0.2) is 12.4 Å². The minimum absolute atomic E-state index is 0.479. The molecule has 1 aromatic rings. The largest absolute Gasteiger partial charge is 0.387 e. The number of hydrogen-bond acceptors (Lipinski definition) is 4. The van der Waals surface area contributed by atoms with Gasteiger partial charge in [0, 0.05) is 33.4 Å². The molecule has 1 heterocycles. The van der Waals surface area contributed by atoms with Crippen molar-refractivity contribution in [2.24, 2.45) is 0 Å². The second-order valence-electron chi connectivity index (χ2n) is 3.32. The molecule has 1 rings (SSSR count). The van der Waals surface area contributed by atoms with Crippen LogP contribution in [0.3, 0.4) is 0 Å². The Hall–Kier alpha value is -0.910. The smallest absolute Gasteiger partial charge is 0.183 e. The summed E-state index contributed by atoms with van der Waals surface area (Å²) in [6, 6.07) is 0. The average Bonchev–Trinajstić information content (AvgIpc) is 2.67. The van der Waals surface area contributed by atoms with Gasteiger partial charge in [-0.3, -0.25) is 4.68 Å². The van der Waals surface area contributed by atoms with Gasteiger partial charge in [0.2, 0.25) is 0 Å². The lowest BCUT2D eigenvalue weighted by atomic mass is 10.1. The van der Waals surface area contributed by atoms with Crippen molar-refractivity contribution in [1.29, 1.82) is 0 Å². The summed E-state index contributed by atoms with van der Waals surface area (Å²) in [5.41, 5.74) is 0.975. The van der Waals surface area contributed by atoms with Gasteiger partial charge in [0.25, 0.3) is 0 Å². The molecule has 5 nitrogen and oxygen atoms in total. The highest BCUT2D eigenvalue weighted by Crippen LogP contribution is 2.08. The number of aliphatic hydroxyl groups excluding tert-OH is 1. The lowest BCUT2D eigenvalue weighted by Crippen LogP contribution is -2.31. The van der Waals surface area contributed by atoms with Crippen LogP contribution in [0, 0.1) is 0 Å². The number of ether oxygens (including phenoxy) is 2. The van der Waals surface area contributed by atoms with Gasteiger partial charge in [-0.1, -0.05) is 0 Å². The number of aliphatic hydroxyl groups is 1. The Labute approximate surface area is 89.6 Å². The third-order valence-corrected chi connectivity index (χ3v) is 2.23. The highest BCUT2D eigenvalue weighted by atomic mass is 16.7. The number of rotatable bonds is 6. The Morgan fingerprint density at radius 2 is 2.13 bits per heavy atom. The van der Waals surface area contributed by atoms with E-state index in [1.807, 2.05) is 17.8 Å². The Bertz CT molecular complexity index is 284. The molecule has 0 aromatic carbocycles.